The molecule has 1 aromatic rings. The highest BCUT2D eigenvalue weighted by atomic mass is 16.5. The summed E-state index contributed by atoms with van der Waals surface area (Å²) in [4.78, 5) is 11.6. The minimum atomic E-state index is 0.00686. The number of carbonyl (C=O) groups is 1. The molecule has 1 amide bonds. The zero-order valence-electron chi connectivity index (χ0n) is 10.9. The summed E-state index contributed by atoms with van der Waals surface area (Å²) in [7, 11) is 0. The largest absolute Gasteiger partial charge is 0.494 e. The maximum Gasteiger partial charge on any atom is 0.239 e. The highest BCUT2D eigenvalue weighted by Gasteiger charge is 2.30. The molecular formula is C14H20N2O2. The molecule has 98 valence electrons. The summed E-state index contributed by atoms with van der Waals surface area (Å²) in [6.07, 6.45) is 1.77. The molecule has 2 atom stereocenters. The van der Waals surface area contributed by atoms with Crippen LogP contribution in [0.15, 0.2) is 24.3 Å². The first kappa shape index (κ1) is 12.9. The molecule has 0 bridgehead atoms. The van der Waals surface area contributed by atoms with Crippen LogP contribution in [0.1, 0.15) is 25.8 Å². The topological polar surface area (TPSA) is 50.4 Å². The van der Waals surface area contributed by atoms with Gasteiger partial charge >= 0.3 is 0 Å². The van der Waals surface area contributed by atoms with Crippen LogP contribution >= 0.6 is 0 Å². The van der Waals surface area contributed by atoms with E-state index in [1.54, 1.807) is 0 Å². The minimum Gasteiger partial charge on any atom is -0.494 e. The standard InChI is InChI=1S/C14H20N2O2/c1-3-8-18-12-6-4-11(5-7-12)9-13-10(2)15-16-14(13)17/h4-7,10,13,15H,3,8-9H2,1-2H3,(H,16,17). The van der Waals surface area contributed by atoms with Crippen molar-refractivity contribution in [1.82, 2.24) is 10.9 Å². The first-order chi connectivity index (χ1) is 8.70. The van der Waals surface area contributed by atoms with E-state index < -0.39 is 0 Å². The van der Waals surface area contributed by atoms with Crippen molar-refractivity contribution in [2.75, 3.05) is 6.61 Å². The first-order valence-corrected chi connectivity index (χ1v) is 6.48. The molecular weight excluding hydrogens is 228 g/mol. The van der Waals surface area contributed by atoms with Gasteiger partial charge in [0.1, 0.15) is 5.75 Å². The normalized spacial score (nSPS) is 22.9. The van der Waals surface area contributed by atoms with E-state index in [-0.39, 0.29) is 17.9 Å². The number of nitrogens with one attached hydrogen (secondary N) is 2. The molecule has 4 heteroatoms. The monoisotopic (exact) mass is 248 g/mol. The molecule has 1 aromatic carbocycles. The number of ether oxygens (including phenoxy) is 1. The van der Waals surface area contributed by atoms with Crippen molar-refractivity contribution in [3.8, 4) is 5.75 Å². The summed E-state index contributed by atoms with van der Waals surface area (Å²) in [5, 5.41) is 0. The van der Waals surface area contributed by atoms with Crippen LogP contribution in [0, 0.1) is 5.92 Å². The van der Waals surface area contributed by atoms with Gasteiger partial charge in [0.15, 0.2) is 0 Å². The molecule has 1 saturated heterocycles. The Labute approximate surface area is 108 Å². The summed E-state index contributed by atoms with van der Waals surface area (Å²) in [6, 6.07) is 8.17. The minimum absolute atomic E-state index is 0.00686. The van der Waals surface area contributed by atoms with Crippen molar-refractivity contribution in [3.05, 3.63) is 29.8 Å². The molecule has 1 aliphatic heterocycles. The lowest BCUT2D eigenvalue weighted by atomic mass is 9.94. The van der Waals surface area contributed by atoms with Crippen LogP contribution in [0.5, 0.6) is 5.75 Å². The van der Waals surface area contributed by atoms with Gasteiger partial charge in [-0.2, -0.15) is 0 Å². The van der Waals surface area contributed by atoms with Gasteiger partial charge in [-0.3, -0.25) is 10.2 Å². The number of hydrazine groups is 1. The molecule has 0 radical (unpaired) electrons. The van der Waals surface area contributed by atoms with Gasteiger partial charge < -0.3 is 4.74 Å². The van der Waals surface area contributed by atoms with Gasteiger partial charge in [-0.15, -0.1) is 0 Å². The average Bonchev–Trinajstić information content (AvgIpc) is 2.70. The van der Waals surface area contributed by atoms with Gasteiger partial charge in [0.25, 0.3) is 0 Å². The van der Waals surface area contributed by atoms with E-state index in [0.717, 1.165) is 30.8 Å². The number of carbonyl (C=O) groups excluding carboxylic acids is 1. The van der Waals surface area contributed by atoms with Gasteiger partial charge in [-0.25, -0.2) is 5.43 Å². The quantitative estimate of drug-likeness (QED) is 0.833. The van der Waals surface area contributed by atoms with Crippen LogP contribution in [-0.4, -0.2) is 18.6 Å². The fraction of sp³-hybridized carbons (Fsp3) is 0.500. The highest BCUT2D eigenvalue weighted by molar-refractivity contribution is 5.81. The summed E-state index contributed by atoms with van der Waals surface area (Å²) >= 11 is 0. The van der Waals surface area contributed by atoms with Crippen molar-refractivity contribution in [2.24, 2.45) is 5.92 Å². The first-order valence-electron chi connectivity index (χ1n) is 6.48. The maximum absolute atomic E-state index is 11.6. The van der Waals surface area contributed by atoms with Gasteiger partial charge in [0.05, 0.1) is 12.5 Å². The van der Waals surface area contributed by atoms with Crippen LogP contribution in [-0.2, 0) is 11.2 Å². The molecule has 2 N–H and O–H groups in total. The van der Waals surface area contributed by atoms with Crippen molar-refractivity contribution in [1.29, 1.82) is 0 Å². The summed E-state index contributed by atoms with van der Waals surface area (Å²) in [5.41, 5.74) is 6.78. The lowest BCUT2D eigenvalue weighted by Crippen LogP contribution is -2.29. The summed E-state index contributed by atoms with van der Waals surface area (Å²) in [6.45, 7) is 4.84. The van der Waals surface area contributed by atoms with Crippen molar-refractivity contribution in [2.45, 2.75) is 32.7 Å². The predicted molar refractivity (Wildman–Crippen MR) is 70.2 cm³/mol. The van der Waals surface area contributed by atoms with E-state index in [2.05, 4.69) is 17.8 Å². The maximum atomic E-state index is 11.6. The third kappa shape index (κ3) is 3.01. The van der Waals surface area contributed by atoms with Crippen molar-refractivity contribution >= 4 is 5.91 Å². The van der Waals surface area contributed by atoms with E-state index in [1.165, 1.54) is 0 Å². The Bertz CT molecular complexity index is 403. The Morgan fingerprint density at radius 3 is 2.56 bits per heavy atom. The second kappa shape index (κ2) is 5.87. The van der Waals surface area contributed by atoms with Crippen LogP contribution in [0.4, 0.5) is 0 Å². The second-order valence-corrected chi connectivity index (χ2v) is 4.73. The number of hydrogen-bond acceptors (Lipinski definition) is 3. The van der Waals surface area contributed by atoms with Crippen molar-refractivity contribution in [3.63, 3.8) is 0 Å². The highest BCUT2D eigenvalue weighted by Crippen LogP contribution is 2.19. The molecule has 0 aliphatic carbocycles. The summed E-state index contributed by atoms with van der Waals surface area (Å²) in [5.74, 6) is 0.976. The van der Waals surface area contributed by atoms with Gasteiger partial charge in [0, 0.05) is 6.04 Å². The number of rotatable bonds is 5. The Morgan fingerprint density at radius 1 is 1.28 bits per heavy atom. The lowest BCUT2D eigenvalue weighted by molar-refractivity contribution is -0.122. The van der Waals surface area contributed by atoms with E-state index in [1.807, 2.05) is 31.2 Å². The van der Waals surface area contributed by atoms with Crippen LogP contribution in [0.3, 0.4) is 0 Å². The van der Waals surface area contributed by atoms with Crippen LogP contribution in [0.2, 0.25) is 0 Å². The van der Waals surface area contributed by atoms with Crippen LogP contribution < -0.4 is 15.6 Å². The van der Waals surface area contributed by atoms with Gasteiger partial charge in [-0.1, -0.05) is 19.1 Å². The molecule has 0 saturated carbocycles. The SMILES string of the molecule is CCCOc1ccc(CC2C(=O)NNC2C)cc1. The number of hydrogen-bond donors (Lipinski definition) is 2. The zero-order chi connectivity index (χ0) is 13.0. The number of benzene rings is 1. The van der Waals surface area contributed by atoms with Gasteiger partial charge in [-0.05, 0) is 37.5 Å². The molecule has 0 spiro atoms. The Hall–Kier alpha value is -1.55. The van der Waals surface area contributed by atoms with E-state index in [0.29, 0.717) is 0 Å². The van der Waals surface area contributed by atoms with Gasteiger partial charge in [0.2, 0.25) is 5.91 Å². The molecule has 0 aromatic heterocycles. The fourth-order valence-electron chi connectivity index (χ4n) is 2.07. The molecule has 1 fully saturated rings. The molecule has 2 unspecified atom stereocenters. The Morgan fingerprint density at radius 2 is 2.00 bits per heavy atom. The number of amides is 1. The molecule has 18 heavy (non-hydrogen) atoms. The smallest absolute Gasteiger partial charge is 0.239 e. The second-order valence-electron chi connectivity index (χ2n) is 4.73. The molecule has 1 heterocycles. The third-order valence-electron chi connectivity index (χ3n) is 3.22. The van der Waals surface area contributed by atoms with Crippen molar-refractivity contribution < 1.29 is 9.53 Å². The van der Waals surface area contributed by atoms with E-state index >= 15 is 0 Å². The van der Waals surface area contributed by atoms with Crippen LogP contribution in [0.25, 0.3) is 0 Å². The average molecular weight is 248 g/mol. The lowest BCUT2D eigenvalue weighted by Gasteiger charge is -2.12. The van der Waals surface area contributed by atoms with E-state index in [9.17, 15) is 4.79 Å². The Balaban J connectivity index is 1.95. The summed E-state index contributed by atoms with van der Waals surface area (Å²) < 4.78 is 5.53. The van der Waals surface area contributed by atoms with E-state index in [4.69, 9.17) is 4.74 Å². The Kier molecular flexibility index (Phi) is 4.20. The zero-order valence-corrected chi connectivity index (χ0v) is 10.9. The fourth-order valence-corrected chi connectivity index (χ4v) is 2.07. The molecule has 2 rings (SSSR count). The molecule has 4 nitrogen and oxygen atoms in total. The predicted octanol–water partition coefficient (Wildman–Crippen LogP) is 1.66. The third-order valence-corrected chi connectivity index (χ3v) is 3.22. The molecule has 1 aliphatic rings.